The topological polar surface area (TPSA) is 66.8 Å². The molecule has 0 saturated carbocycles. The molecule has 0 bridgehead atoms. The van der Waals surface area contributed by atoms with Gasteiger partial charge in [0.05, 0.1) is 19.1 Å². The molecular formula is C13H17FO4. The molecule has 5 heteroatoms. The second-order valence-corrected chi connectivity index (χ2v) is 4.05. The third-order valence-corrected chi connectivity index (χ3v) is 2.52. The number of esters is 1. The Hall–Kier alpha value is -1.46. The van der Waals surface area contributed by atoms with Gasteiger partial charge in [-0.2, -0.15) is 0 Å². The Labute approximate surface area is 105 Å². The van der Waals surface area contributed by atoms with Crippen molar-refractivity contribution < 1.29 is 24.1 Å². The van der Waals surface area contributed by atoms with Crippen LogP contribution in [0.3, 0.4) is 0 Å². The van der Waals surface area contributed by atoms with Gasteiger partial charge in [0, 0.05) is 5.56 Å². The quantitative estimate of drug-likeness (QED) is 0.783. The predicted octanol–water partition coefficient (Wildman–Crippen LogP) is 1.48. The number of aliphatic hydroxyl groups is 2. The Balaban J connectivity index is 2.73. The lowest BCUT2D eigenvalue weighted by Gasteiger charge is -2.18. The number of ether oxygens (including phenoxy) is 1. The van der Waals surface area contributed by atoms with E-state index in [0.717, 1.165) is 0 Å². The van der Waals surface area contributed by atoms with E-state index in [1.807, 2.05) is 0 Å². The maximum absolute atomic E-state index is 13.6. The highest BCUT2D eigenvalue weighted by Crippen LogP contribution is 2.22. The molecule has 1 rings (SSSR count). The lowest BCUT2D eigenvalue weighted by molar-refractivity contribution is -0.147. The molecule has 1 aromatic rings. The van der Waals surface area contributed by atoms with Gasteiger partial charge in [0.25, 0.3) is 0 Å². The zero-order valence-electron chi connectivity index (χ0n) is 10.4. The highest BCUT2D eigenvalue weighted by molar-refractivity contribution is 5.70. The van der Waals surface area contributed by atoms with Gasteiger partial charge in [0.1, 0.15) is 11.9 Å². The summed E-state index contributed by atoms with van der Waals surface area (Å²) in [6.07, 6.45) is -3.21. The molecule has 0 heterocycles. The molecule has 0 fully saturated rings. The molecule has 0 aliphatic heterocycles. The summed E-state index contributed by atoms with van der Waals surface area (Å²) in [4.78, 5) is 11.1. The summed E-state index contributed by atoms with van der Waals surface area (Å²) < 4.78 is 18.2. The van der Waals surface area contributed by atoms with E-state index < -0.39 is 24.0 Å². The molecule has 0 saturated heterocycles. The van der Waals surface area contributed by atoms with Gasteiger partial charge in [0.15, 0.2) is 0 Å². The second-order valence-electron chi connectivity index (χ2n) is 4.05. The fraction of sp³-hybridized carbons (Fsp3) is 0.462. The van der Waals surface area contributed by atoms with Crippen molar-refractivity contribution in [2.24, 2.45) is 0 Å². The number of halogens is 1. The molecule has 2 atom stereocenters. The Morgan fingerprint density at radius 1 is 1.44 bits per heavy atom. The summed E-state index contributed by atoms with van der Waals surface area (Å²) in [5, 5.41) is 19.4. The van der Waals surface area contributed by atoms with Gasteiger partial charge in [-0.05, 0) is 25.5 Å². The number of aliphatic hydroxyl groups excluding tert-OH is 2. The molecule has 2 unspecified atom stereocenters. The number of benzene rings is 1. The Bertz CT molecular complexity index is 419. The molecule has 18 heavy (non-hydrogen) atoms. The van der Waals surface area contributed by atoms with Crippen LogP contribution in [0.15, 0.2) is 18.2 Å². The third kappa shape index (κ3) is 3.78. The lowest BCUT2D eigenvalue weighted by atomic mass is 10.0. The van der Waals surface area contributed by atoms with Crippen molar-refractivity contribution in [1.29, 1.82) is 0 Å². The smallest absolute Gasteiger partial charge is 0.308 e. The van der Waals surface area contributed by atoms with E-state index in [0.29, 0.717) is 5.56 Å². The SMILES string of the molecule is CCOC(=O)CC(O)C(O)c1ccc(C)cc1F. The van der Waals surface area contributed by atoms with E-state index >= 15 is 0 Å². The molecule has 0 spiro atoms. The molecule has 4 nitrogen and oxygen atoms in total. The van der Waals surface area contributed by atoms with Gasteiger partial charge in [-0.25, -0.2) is 4.39 Å². The second kappa shape index (κ2) is 6.47. The summed E-state index contributed by atoms with van der Waals surface area (Å²) >= 11 is 0. The van der Waals surface area contributed by atoms with Crippen LogP contribution in [0.2, 0.25) is 0 Å². The van der Waals surface area contributed by atoms with E-state index in [4.69, 9.17) is 0 Å². The van der Waals surface area contributed by atoms with Crippen LogP contribution in [0.5, 0.6) is 0 Å². The van der Waals surface area contributed by atoms with E-state index in [-0.39, 0.29) is 18.6 Å². The minimum atomic E-state index is -1.45. The van der Waals surface area contributed by atoms with Crippen LogP contribution in [0.1, 0.15) is 30.6 Å². The van der Waals surface area contributed by atoms with Gasteiger partial charge < -0.3 is 14.9 Å². The van der Waals surface area contributed by atoms with E-state index in [2.05, 4.69) is 4.74 Å². The van der Waals surface area contributed by atoms with Gasteiger partial charge >= 0.3 is 5.97 Å². The highest BCUT2D eigenvalue weighted by atomic mass is 19.1. The number of aryl methyl sites for hydroxylation is 1. The number of hydrogen-bond donors (Lipinski definition) is 2. The summed E-state index contributed by atoms with van der Waals surface area (Å²) in [6.45, 7) is 3.55. The standard InChI is InChI=1S/C13H17FO4/c1-3-18-12(16)7-11(15)13(17)9-5-4-8(2)6-10(9)14/h4-6,11,13,15,17H,3,7H2,1-2H3. The average Bonchev–Trinajstić information content (AvgIpc) is 2.28. The first kappa shape index (κ1) is 14.6. The van der Waals surface area contributed by atoms with Crippen molar-refractivity contribution in [2.45, 2.75) is 32.5 Å². The Kier molecular flexibility index (Phi) is 5.25. The highest BCUT2D eigenvalue weighted by Gasteiger charge is 2.24. The molecule has 0 amide bonds. The maximum atomic E-state index is 13.6. The van der Waals surface area contributed by atoms with Crippen LogP contribution in [0.4, 0.5) is 4.39 Å². The van der Waals surface area contributed by atoms with E-state index in [1.54, 1.807) is 19.9 Å². The molecule has 0 aromatic heterocycles. The van der Waals surface area contributed by atoms with Crippen molar-refractivity contribution in [2.75, 3.05) is 6.61 Å². The minimum absolute atomic E-state index is 0.0302. The lowest BCUT2D eigenvalue weighted by Crippen LogP contribution is -2.23. The van der Waals surface area contributed by atoms with E-state index in [1.165, 1.54) is 12.1 Å². The molecule has 1 aromatic carbocycles. The minimum Gasteiger partial charge on any atom is -0.466 e. The summed E-state index contributed by atoms with van der Waals surface area (Å²) in [5.74, 6) is -1.23. The van der Waals surface area contributed by atoms with Gasteiger partial charge in [-0.1, -0.05) is 12.1 Å². The van der Waals surface area contributed by atoms with Crippen molar-refractivity contribution in [3.63, 3.8) is 0 Å². The molecule has 0 aliphatic rings. The van der Waals surface area contributed by atoms with Crippen LogP contribution in [-0.4, -0.2) is 28.9 Å². The normalized spacial score (nSPS) is 14.1. The van der Waals surface area contributed by atoms with Gasteiger partial charge in [-0.3, -0.25) is 4.79 Å². The van der Waals surface area contributed by atoms with Gasteiger partial charge in [-0.15, -0.1) is 0 Å². The van der Waals surface area contributed by atoms with Crippen LogP contribution >= 0.6 is 0 Å². The largest absolute Gasteiger partial charge is 0.466 e. The monoisotopic (exact) mass is 256 g/mol. The van der Waals surface area contributed by atoms with Crippen LogP contribution in [0.25, 0.3) is 0 Å². The first-order valence-electron chi connectivity index (χ1n) is 5.73. The Morgan fingerprint density at radius 2 is 2.11 bits per heavy atom. The first-order valence-corrected chi connectivity index (χ1v) is 5.73. The van der Waals surface area contributed by atoms with Crippen molar-refractivity contribution >= 4 is 5.97 Å². The molecular weight excluding hydrogens is 239 g/mol. The molecule has 2 N–H and O–H groups in total. The number of hydrogen-bond acceptors (Lipinski definition) is 4. The molecule has 100 valence electrons. The maximum Gasteiger partial charge on any atom is 0.308 e. The zero-order chi connectivity index (χ0) is 13.7. The average molecular weight is 256 g/mol. The van der Waals surface area contributed by atoms with Crippen LogP contribution < -0.4 is 0 Å². The number of carbonyl (C=O) groups excluding carboxylic acids is 1. The summed E-state index contributed by atoms with van der Waals surface area (Å²) in [7, 11) is 0. The fourth-order valence-corrected chi connectivity index (χ4v) is 1.58. The van der Waals surface area contributed by atoms with Crippen molar-refractivity contribution in [3.8, 4) is 0 Å². The van der Waals surface area contributed by atoms with Crippen LogP contribution in [-0.2, 0) is 9.53 Å². The number of carbonyl (C=O) groups is 1. The van der Waals surface area contributed by atoms with Crippen molar-refractivity contribution in [3.05, 3.63) is 35.1 Å². The van der Waals surface area contributed by atoms with Gasteiger partial charge in [0.2, 0.25) is 0 Å². The number of rotatable bonds is 5. The Morgan fingerprint density at radius 3 is 2.67 bits per heavy atom. The van der Waals surface area contributed by atoms with Crippen LogP contribution in [0, 0.1) is 12.7 Å². The zero-order valence-corrected chi connectivity index (χ0v) is 10.4. The van der Waals surface area contributed by atoms with Crippen molar-refractivity contribution in [1.82, 2.24) is 0 Å². The summed E-state index contributed by atoms with van der Waals surface area (Å²) in [6, 6.07) is 4.28. The predicted molar refractivity (Wildman–Crippen MR) is 63.4 cm³/mol. The summed E-state index contributed by atoms with van der Waals surface area (Å²) in [5.41, 5.74) is 0.681. The first-order chi connectivity index (χ1) is 8.45. The fourth-order valence-electron chi connectivity index (χ4n) is 1.58. The molecule has 0 aliphatic carbocycles. The van der Waals surface area contributed by atoms with E-state index in [9.17, 15) is 19.4 Å². The third-order valence-electron chi connectivity index (χ3n) is 2.52. The molecule has 0 radical (unpaired) electrons.